The first-order chi connectivity index (χ1) is 11.3. The molecule has 6 atom stereocenters. The first-order valence-electron chi connectivity index (χ1n) is 9.57. The molecular weight excluding hydrogens is 296 g/mol. The highest BCUT2D eigenvalue weighted by atomic mass is 16.3. The molecule has 0 aliphatic heterocycles. The molecule has 0 bridgehead atoms. The van der Waals surface area contributed by atoms with Gasteiger partial charge in [-0.15, -0.1) is 0 Å². The molecule has 1 N–H and O–H groups in total. The predicted octanol–water partition coefficient (Wildman–Crippen LogP) is 4.60. The summed E-state index contributed by atoms with van der Waals surface area (Å²) < 4.78 is 0. The van der Waals surface area contributed by atoms with Gasteiger partial charge in [0.15, 0.2) is 5.78 Å². The van der Waals surface area contributed by atoms with E-state index in [0.717, 1.165) is 31.3 Å². The van der Waals surface area contributed by atoms with E-state index in [1.807, 2.05) is 6.08 Å². The third-order valence-electron chi connectivity index (χ3n) is 8.11. The lowest BCUT2D eigenvalue weighted by Gasteiger charge is -2.59. The second-order valence-electron chi connectivity index (χ2n) is 9.14. The van der Waals surface area contributed by atoms with Gasteiger partial charge in [0.25, 0.3) is 0 Å². The molecule has 4 aliphatic rings. The molecular formula is C22H30O2. The summed E-state index contributed by atoms with van der Waals surface area (Å²) in [4.78, 5) is 11.9. The molecule has 24 heavy (non-hydrogen) atoms. The van der Waals surface area contributed by atoms with Gasteiger partial charge in [-0.3, -0.25) is 4.79 Å². The molecule has 0 heterocycles. The zero-order valence-electron chi connectivity index (χ0n) is 15.3. The first-order valence-corrected chi connectivity index (χ1v) is 9.57. The molecule has 2 fully saturated rings. The smallest absolute Gasteiger partial charge is 0.155 e. The van der Waals surface area contributed by atoms with Gasteiger partial charge < -0.3 is 5.11 Å². The van der Waals surface area contributed by atoms with Crippen LogP contribution in [-0.2, 0) is 4.79 Å². The number of fused-ring (bicyclic) bond motifs is 5. The molecule has 2 heteroatoms. The van der Waals surface area contributed by atoms with E-state index >= 15 is 0 Å². The largest absolute Gasteiger partial charge is 0.392 e. The molecule has 0 aromatic heterocycles. The molecule has 130 valence electrons. The topological polar surface area (TPSA) is 37.3 Å². The Bertz CT molecular complexity index is 669. The molecule has 2 nitrogen and oxygen atoms in total. The fourth-order valence-electron chi connectivity index (χ4n) is 6.74. The highest BCUT2D eigenvalue weighted by molar-refractivity contribution is 5.91. The van der Waals surface area contributed by atoms with Gasteiger partial charge in [-0.25, -0.2) is 0 Å². The van der Waals surface area contributed by atoms with E-state index in [1.54, 1.807) is 0 Å². The number of aliphatic hydroxyl groups excluding tert-OH is 1. The van der Waals surface area contributed by atoms with Gasteiger partial charge in [0.1, 0.15) is 0 Å². The standard InChI is InChI=1S/C22H30O2/c1-13(2)17-7-8-18-16-6-5-14-11-15(23)9-10-21(14,3)19(16)12-20(24)22(17,18)4/h7,11,16,18-20,24H,1,5-6,8-10,12H2,2-4H3/t16-,18-,19-,20+,21-,22+/m0/s1. The Hall–Kier alpha value is -1.15. The van der Waals surface area contributed by atoms with Crippen LogP contribution in [0.3, 0.4) is 0 Å². The van der Waals surface area contributed by atoms with E-state index in [9.17, 15) is 9.90 Å². The zero-order valence-corrected chi connectivity index (χ0v) is 15.3. The van der Waals surface area contributed by atoms with E-state index in [0.29, 0.717) is 30.0 Å². The highest BCUT2D eigenvalue weighted by Crippen LogP contribution is 2.65. The van der Waals surface area contributed by atoms with Crippen molar-refractivity contribution in [2.75, 3.05) is 0 Å². The van der Waals surface area contributed by atoms with Crippen LogP contribution in [0, 0.1) is 28.6 Å². The van der Waals surface area contributed by atoms with Gasteiger partial charge in [-0.1, -0.05) is 37.6 Å². The van der Waals surface area contributed by atoms with E-state index < -0.39 is 0 Å². The number of allylic oxidation sites excluding steroid dienone is 4. The maximum absolute atomic E-state index is 11.9. The van der Waals surface area contributed by atoms with Crippen LogP contribution in [0.15, 0.2) is 35.5 Å². The van der Waals surface area contributed by atoms with E-state index in [2.05, 4.69) is 33.4 Å². The van der Waals surface area contributed by atoms with Crippen LogP contribution < -0.4 is 0 Å². The quantitative estimate of drug-likeness (QED) is 0.764. The molecule has 0 radical (unpaired) electrons. The number of ketones is 1. The van der Waals surface area contributed by atoms with Crippen molar-refractivity contribution in [1.29, 1.82) is 0 Å². The molecule has 0 unspecified atom stereocenters. The van der Waals surface area contributed by atoms with Crippen LogP contribution in [0.25, 0.3) is 0 Å². The van der Waals surface area contributed by atoms with Crippen molar-refractivity contribution in [3.05, 3.63) is 35.5 Å². The maximum atomic E-state index is 11.9. The van der Waals surface area contributed by atoms with Crippen LogP contribution in [0.5, 0.6) is 0 Å². The Morgan fingerprint density at radius 2 is 2.04 bits per heavy atom. The summed E-state index contributed by atoms with van der Waals surface area (Å²) in [6.07, 6.45) is 9.80. The average molecular weight is 326 g/mol. The fourth-order valence-corrected chi connectivity index (χ4v) is 6.74. The minimum atomic E-state index is -0.303. The summed E-state index contributed by atoms with van der Waals surface area (Å²) in [5.41, 5.74) is 3.76. The van der Waals surface area contributed by atoms with Crippen LogP contribution >= 0.6 is 0 Å². The average Bonchev–Trinajstić information content (AvgIpc) is 2.88. The molecule has 0 spiro atoms. The second-order valence-corrected chi connectivity index (χ2v) is 9.14. The number of hydrogen-bond acceptors (Lipinski definition) is 2. The Kier molecular flexibility index (Phi) is 3.52. The SMILES string of the molecule is C=C(C)C1=CC[C@H]2[C@@H]3CCC4=CC(=O)CC[C@]4(C)[C@H]3C[C@@H](O)[C@]12C. The first kappa shape index (κ1) is 16.3. The van der Waals surface area contributed by atoms with Gasteiger partial charge >= 0.3 is 0 Å². The lowest BCUT2D eigenvalue weighted by atomic mass is 9.46. The Balaban J connectivity index is 1.73. The van der Waals surface area contributed by atoms with Gasteiger partial charge in [-0.2, -0.15) is 0 Å². The van der Waals surface area contributed by atoms with Crippen molar-refractivity contribution in [3.63, 3.8) is 0 Å². The van der Waals surface area contributed by atoms with Crippen molar-refractivity contribution in [2.24, 2.45) is 28.6 Å². The van der Waals surface area contributed by atoms with Crippen LogP contribution in [0.4, 0.5) is 0 Å². The van der Waals surface area contributed by atoms with E-state index in [-0.39, 0.29) is 16.9 Å². The van der Waals surface area contributed by atoms with Crippen molar-refractivity contribution < 1.29 is 9.90 Å². The number of hydrogen-bond donors (Lipinski definition) is 1. The maximum Gasteiger partial charge on any atom is 0.155 e. The molecule has 4 rings (SSSR count). The summed E-state index contributed by atoms with van der Waals surface area (Å²) in [7, 11) is 0. The van der Waals surface area contributed by atoms with Gasteiger partial charge in [0, 0.05) is 11.8 Å². The van der Waals surface area contributed by atoms with Crippen molar-refractivity contribution in [1.82, 2.24) is 0 Å². The minimum absolute atomic E-state index is 0.116. The minimum Gasteiger partial charge on any atom is -0.392 e. The molecule has 0 saturated heterocycles. The van der Waals surface area contributed by atoms with E-state index in [4.69, 9.17) is 0 Å². The zero-order chi connectivity index (χ0) is 17.3. The van der Waals surface area contributed by atoms with Crippen LogP contribution in [0.2, 0.25) is 0 Å². The lowest BCUT2D eigenvalue weighted by Crippen LogP contribution is -2.55. The van der Waals surface area contributed by atoms with Crippen molar-refractivity contribution in [2.45, 2.75) is 65.4 Å². The number of carbonyl (C=O) groups excluding carboxylic acids is 1. The molecule has 2 saturated carbocycles. The molecule has 0 aromatic rings. The monoisotopic (exact) mass is 326 g/mol. The van der Waals surface area contributed by atoms with Crippen LogP contribution in [-0.4, -0.2) is 17.0 Å². The van der Waals surface area contributed by atoms with Crippen LogP contribution in [0.1, 0.15) is 59.3 Å². The Morgan fingerprint density at radius 3 is 2.75 bits per heavy atom. The van der Waals surface area contributed by atoms with E-state index in [1.165, 1.54) is 17.6 Å². The number of rotatable bonds is 1. The molecule has 0 aromatic carbocycles. The Morgan fingerprint density at radius 1 is 1.29 bits per heavy atom. The molecule has 4 aliphatic carbocycles. The molecule has 0 amide bonds. The summed E-state index contributed by atoms with van der Waals surface area (Å²) in [5.74, 6) is 1.99. The summed E-state index contributed by atoms with van der Waals surface area (Å²) in [6.45, 7) is 10.9. The number of aliphatic hydroxyl groups is 1. The predicted molar refractivity (Wildman–Crippen MR) is 96.4 cm³/mol. The third kappa shape index (κ3) is 1.95. The summed E-state index contributed by atoms with van der Waals surface area (Å²) in [6, 6.07) is 0. The van der Waals surface area contributed by atoms with Gasteiger partial charge in [0.2, 0.25) is 0 Å². The van der Waals surface area contributed by atoms with Gasteiger partial charge in [0.05, 0.1) is 6.10 Å². The Labute approximate surface area is 145 Å². The summed E-state index contributed by atoms with van der Waals surface area (Å²) >= 11 is 0. The summed E-state index contributed by atoms with van der Waals surface area (Å²) in [5, 5.41) is 11.2. The third-order valence-corrected chi connectivity index (χ3v) is 8.11. The lowest BCUT2D eigenvalue weighted by molar-refractivity contribution is -0.121. The van der Waals surface area contributed by atoms with Gasteiger partial charge in [-0.05, 0) is 73.8 Å². The number of carbonyl (C=O) groups is 1. The normalized spacial score (nSPS) is 47.2. The van der Waals surface area contributed by atoms with Crippen molar-refractivity contribution in [3.8, 4) is 0 Å². The second kappa shape index (κ2) is 5.17. The van der Waals surface area contributed by atoms with Crippen molar-refractivity contribution >= 4 is 5.78 Å². The fraction of sp³-hybridized carbons (Fsp3) is 0.682. The highest BCUT2D eigenvalue weighted by Gasteiger charge is 2.60.